The number of halogens is 1. The second-order valence-electron chi connectivity index (χ2n) is 5.57. The van der Waals surface area contributed by atoms with E-state index in [-0.39, 0.29) is 11.8 Å². The molecule has 1 aromatic carbocycles. The van der Waals surface area contributed by atoms with Gasteiger partial charge in [0, 0.05) is 25.6 Å². The zero-order valence-corrected chi connectivity index (χ0v) is 13.7. The van der Waals surface area contributed by atoms with Crippen LogP contribution in [-0.4, -0.2) is 29.5 Å². The first-order chi connectivity index (χ1) is 12.1. The van der Waals surface area contributed by atoms with Gasteiger partial charge in [0.05, 0.1) is 18.5 Å². The number of furan rings is 1. The molecule has 2 amide bonds. The number of nitrogens with zero attached hydrogens (tertiary/aromatic N) is 2. The van der Waals surface area contributed by atoms with Crippen molar-refractivity contribution in [3.8, 4) is 11.5 Å². The van der Waals surface area contributed by atoms with E-state index in [0.717, 1.165) is 5.76 Å². The van der Waals surface area contributed by atoms with Crippen LogP contribution in [0.15, 0.2) is 57.8 Å². The van der Waals surface area contributed by atoms with Crippen LogP contribution in [-0.2, 0) is 13.0 Å². The number of rotatable bonds is 6. The molecule has 0 fully saturated rings. The van der Waals surface area contributed by atoms with Gasteiger partial charge in [-0.1, -0.05) is 0 Å². The Morgan fingerprint density at radius 2 is 2.04 bits per heavy atom. The van der Waals surface area contributed by atoms with Crippen LogP contribution in [0.3, 0.4) is 0 Å². The van der Waals surface area contributed by atoms with E-state index in [1.165, 1.54) is 23.3 Å². The second-order valence-corrected chi connectivity index (χ2v) is 5.57. The first kappa shape index (κ1) is 16.8. The average molecular weight is 343 g/mol. The third-order valence-electron chi connectivity index (χ3n) is 3.62. The van der Waals surface area contributed by atoms with Crippen molar-refractivity contribution in [2.45, 2.75) is 13.0 Å². The number of hydrogen-bond donors (Lipinski definition) is 1. The van der Waals surface area contributed by atoms with Gasteiger partial charge in [0.1, 0.15) is 17.8 Å². The summed E-state index contributed by atoms with van der Waals surface area (Å²) in [7, 11) is 1.70. The molecule has 3 rings (SSSR count). The van der Waals surface area contributed by atoms with E-state index in [2.05, 4.69) is 10.3 Å². The maximum absolute atomic E-state index is 12.9. The fraction of sp³-hybridized carbons (Fsp3) is 0.222. The first-order valence-electron chi connectivity index (χ1n) is 7.83. The van der Waals surface area contributed by atoms with Gasteiger partial charge in [0.25, 0.3) is 0 Å². The van der Waals surface area contributed by atoms with Crippen molar-refractivity contribution in [1.29, 1.82) is 0 Å². The van der Waals surface area contributed by atoms with Gasteiger partial charge in [-0.15, -0.1) is 0 Å². The lowest BCUT2D eigenvalue weighted by Gasteiger charge is -2.16. The topological polar surface area (TPSA) is 71.5 Å². The van der Waals surface area contributed by atoms with Gasteiger partial charge in [-0.05, 0) is 36.4 Å². The Morgan fingerprint density at radius 3 is 2.76 bits per heavy atom. The van der Waals surface area contributed by atoms with Crippen LogP contribution in [0, 0.1) is 5.82 Å². The minimum Gasteiger partial charge on any atom is -0.467 e. The normalized spacial score (nSPS) is 10.6. The van der Waals surface area contributed by atoms with Crippen LogP contribution in [0.25, 0.3) is 11.5 Å². The lowest BCUT2D eigenvalue weighted by atomic mass is 10.2. The van der Waals surface area contributed by atoms with E-state index in [1.807, 2.05) is 6.07 Å². The van der Waals surface area contributed by atoms with E-state index in [0.29, 0.717) is 36.7 Å². The first-order valence-corrected chi connectivity index (χ1v) is 7.83. The highest BCUT2D eigenvalue weighted by Crippen LogP contribution is 2.19. The van der Waals surface area contributed by atoms with Crippen LogP contribution in [0.1, 0.15) is 11.5 Å². The van der Waals surface area contributed by atoms with Crippen LogP contribution in [0.4, 0.5) is 9.18 Å². The maximum Gasteiger partial charge on any atom is 0.317 e. The van der Waals surface area contributed by atoms with Crippen molar-refractivity contribution < 1.29 is 18.0 Å². The van der Waals surface area contributed by atoms with Crippen LogP contribution in [0.2, 0.25) is 0 Å². The Labute approximate surface area is 144 Å². The molecule has 2 aromatic heterocycles. The highest BCUT2D eigenvalue weighted by Gasteiger charge is 2.11. The van der Waals surface area contributed by atoms with Gasteiger partial charge in [-0.25, -0.2) is 14.2 Å². The Hall–Kier alpha value is -3.09. The summed E-state index contributed by atoms with van der Waals surface area (Å²) >= 11 is 0. The smallest absolute Gasteiger partial charge is 0.317 e. The molecule has 0 unspecified atom stereocenters. The molecule has 0 atom stereocenters. The minimum atomic E-state index is -0.308. The van der Waals surface area contributed by atoms with Crippen LogP contribution < -0.4 is 5.32 Å². The largest absolute Gasteiger partial charge is 0.467 e. The Balaban J connectivity index is 1.47. The molecule has 0 saturated heterocycles. The van der Waals surface area contributed by atoms with Crippen molar-refractivity contribution in [2.75, 3.05) is 13.6 Å². The molecule has 0 spiro atoms. The Kier molecular flexibility index (Phi) is 5.13. The van der Waals surface area contributed by atoms with Gasteiger partial charge < -0.3 is 19.1 Å². The second kappa shape index (κ2) is 7.65. The predicted octanol–water partition coefficient (Wildman–Crippen LogP) is 3.46. The number of urea groups is 1. The zero-order valence-electron chi connectivity index (χ0n) is 13.7. The van der Waals surface area contributed by atoms with Gasteiger partial charge in [0.2, 0.25) is 5.89 Å². The molecule has 0 aliphatic carbocycles. The number of nitrogens with one attached hydrogen (secondary N) is 1. The summed E-state index contributed by atoms with van der Waals surface area (Å²) in [5, 5.41) is 2.81. The van der Waals surface area contributed by atoms with E-state index in [4.69, 9.17) is 8.83 Å². The Morgan fingerprint density at radius 1 is 1.24 bits per heavy atom. The number of benzene rings is 1. The fourth-order valence-electron chi connectivity index (χ4n) is 2.29. The van der Waals surface area contributed by atoms with Gasteiger partial charge in [-0.2, -0.15) is 0 Å². The molecule has 25 heavy (non-hydrogen) atoms. The molecule has 0 saturated carbocycles. The van der Waals surface area contributed by atoms with Crippen molar-refractivity contribution in [2.24, 2.45) is 0 Å². The zero-order chi connectivity index (χ0) is 17.6. The molecule has 7 heteroatoms. The summed E-state index contributed by atoms with van der Waals surface area (Å²) in [6, 6.07) is 9.33. The number of amides is 2. The molecule has 130 valence electrons. The molecule has 0 aliphatic rings. The summed E-state index contributed by atoms with van der Waals surface area (Å²) in [6.07, 6.45) is 3.65. The summed E-state index contributed by atoms with van der Waals surface area (Å²) < 4.78 is 23.5. The quantitative estimate of drug-likeness (QED) is 0.744. The van der Waals surface area contributed by atoms with Crippen molar-refractivity contribution >= 4 is 6.03 Å². The molecule has 1 N–H and O–H groups in total. The fourth-order valence-corrected chi connectivity index (χ4v) is 2.29. The molecule has 6 nitrogen and oxygen atoms in total. The molecule has 2 heterocycles. The SMILES string of the molecule is CN(Cc1ccco1)C(=O)NCCc1coc(-c2ccc(F)cc2)n1. The van der Waals surface area contributed by atoms with E-state index in [9.17, 15) is 9.18 Å². The van der Waals surface area contributed by atoms with Gasteiger partial charge >= 0.3 is 6.03 Å². The van der Waals surface area contributed by atoms with Crippen molar-refractivity contribution in [1.82, 2.24) is 15.2 Å². The minimum absolute atomic E-state index is 0.196. The lowest BCUT2D eigenvalue weighted by Crippen LogP contribution is -2.37. The summed E-state index contributed by atoms with van der Waals surface area (Å²) in [4.78, 5) is 17.9. The third kappa shape index (κ3) is 4.47. The van der Waals surface area contributed by atoms with E-state index in [1.54, 1.807) is 31.5 Å². The number of aromatic nitrogens is 1. The predicted molar refractivity (Wildman–Crippen MR) is 89.2 cm³/mol. The van der Waals surface area contributed by atoms with Crippen molar-refractivity contribution in [3.05, 3.63) is 66.2 Å². The maximum atomic E-state index is 12.9. The Bertz CT molecular complexity index is 812. The average Bonchev–Trinajstić information content (AvgIpc) is 3.27. The number of carbonyl (C=O) groups excluding carboxylic acids is 1. The lowest BCUT2D eigenvalue weighted by molar-refractivity contribution is 0.203. The van der Waals surface area contributed by atoms with Crippen molar-refractivity contribution in [3.63, 3.8) is 0 Å². The summed E-state index contributed by atoms with van der Waals surface area (Å²) in [5.41, 5.74) is 1.42. The summed E-state index contributed by atoms with van der Waals surface area (Å²) in [6.45, 7) is 0.828. The third-order valence-corrected chi connectivity index (χ3v) is 3.62. The molecule has 0 radical (unpaired) electrons. The monoisotopic (exact) mass is 343 g/mol. The number of hydrogen-bond acceptors (Lipinski definition) is 4. The highest BCUT2D eigenvalue weighted by molar-refractivity contribution is 5.73. The van der Waals surface area contributed by atoms with Gasteiger partial charge in [-0.3, -0.25) is 0 Å². The molecule has 0 aliphatic heterocycles. The van der Waals surface area contributed by atoms with Crippen LogP contribution >= 0.6 is 0 Å². The van der Waals surface area contributed by atoms with Crippen LogP contribution in [0.5, 0.6) is 0 Å². The standard InChI is InChI=1S/C18H18FN3O3/c1-22(11-16-3-2-10-24-16)18(23)20-9-8-15-12-25-17(21-15)13-4-6-14(19)7-5-13/h2-7,10,12H,8-9,11H2,1H3,(H,20,23). The molecular weight excluding hydrogens is 325 g/mol. The molecule has 3 aromatic rings. The number of carbonyl (C=O) groups is 1. The van der Waals surface area contributed by atoms with Gasteiger partial charge in [0.15, 0.2) is 0 Å². The summed E-state index contributed by atoms with van der Waals surface area (Å²) in [5.74, 6) is 0.839. The molecular formula is C18H18FN3O3. The van der Waals surface area contributed by atoms with E-state index >= 15 is 0 Å². The molecule has 0 bridgehead atoms. The van der Waals surface area contributed by atoms with E-state index < -0.39 is 0 Å². The number of oxazole rings is 1. The highest BCUT2D eigenvalue weighted by atomic mass is 19.1.